The van der Waals surface area contributed by atoms with Crippen LogP contribution >= 0.6 is 0 Å². The third-order valence-electron chi connectivity index (χ3n) is 3.60. The molecule has 0 aliphatic rings. The van der Waals surface area contributed by atoms with E-state index in [9.17, 15) is 10.1 Å². The summed E-state index contributed by atoms with van der Waals surface area (Å²) in [4.78, 5) is 12.4. The maximum Gasteiger partial charge on any atom is 0.267 e. The molecular formula is C19H20N4O3. The first-order valence-electron chi connectivity index (χ1n) is 7.74. The fourth-order valence-corrected chi connectivity index (χ4v) is 2.20. The van der Waals surface area contributed by atoms with Gasteiger partial charge < -0.3 is 25.8 Å². The number of hydrogen-bond acceptors (Lipinski definition) is 6. The van der Waals surface area contributed by atoms with Gasteiger partial charge in [0.15, 0.2) is 0 Å². The number of nitrogens with two attached hydrogens (primary N) is 1. The van der Waals surface area contributed by atoms with E-state index < -0.39 is 5.91 Å². The normalized spacial score (nSPS) is 10.6. The van der Waals surface area contributed by atoms with Crippen molar-refractivity contribution in [3.8, 4) is 17.6 Å². The highest BCUT2D eigenvalue weighted by atomic mass is 16.5. The van der Waals surface area contributed by atoms with Crippen LogP contribution in [0.2, 0.25) is 0 Å². The molecule has 0 atom stereocenters. The Kier molecular flexibility index (Phi) is 6.06. The van der Waals surface area contributed by atoms with Crippen LogP contribution in [0.25, 0.3) is 0 Å². The van der Waals surface area contributed by atoms with Crippen molar-refractivity contribution in [1.29, 1.82) is 5.26 Å². The largest absolute Gasteiger partial charge is 0.497 e. The number of carbonyl (C=O) groups is 1. The zero-order chi connectivity index (χ0) is 19.1. The second-order valence-corrected chi connectivity index (χ2v) is 5.43. The van der Waals surface area contributed by atoms with Crippen LogP contribution < -0.4 is 25.8 Å². The van der Waals surface area contributed by atoms with E-state index in [1.54, 1.807) is 24.3 Å². The standard InChI is InChI=1S/C19H20N4O3/c1-12-4-6-15(21)16(8-12)22-11-13(10-20)19(24)23-17-9-14(25-2)5-7-18(17)26-3/h4-9,11,22H,21H2,1-3H3,(H,23,24)/b13-11-. The maximum absolute atomic E-state index is 12.4. The lowest BCUT2D eigenvalue weighted by Gasteiger charge is -2.12. The summed E-state index contributed by atoms with van der Waals surface area (Å²) >= 11 is 0. The number of rotatable bonds is 6. The minimum absolute atomic E-state index is 0.115. The molecule has 0 aliphatic carbocycles. The minimum Gasteiger partial charge on any atom is -0.497 e. The second kappa shape index (κ2) is 8.44. The third-order valence-corrected chi connectivity index (χ3v) is 3.60. The Morgan fingerprint density at radius 1 is 1.15 bits per heavy atom. The molecule has 2 rings (SSSR count). The van der Waals surface area contributed by atoms with Crippen LogP contribution in [0.4, 0.5) is 17.1 Å². The molecular weight excluding hydrogens is 332 g/mol. The van der Waals surface area contributed by atoms with Crippen LogP contribution in [-0.2, 0) is 4.79 Å². The lowest BCUT2D eigenvalue weighted by atomic mass is 10.2. The molecule has 7 nitrogen and oxygen atoms in total. The van der Waals surface area contributed by atoms with Crippen molar-refractivity contribution < 1.29 is 14.3 Å². The van der Waals surface area contributed by atoms with Gasteiger partial charge in [-0.15, -0.1) is 0 Å². The molecule has 0 aliphatic heterocycles. The topological polar surface area (TPSA) is 109 Å². The van der Waals surface area contributed by atoms with E-state index in [0.717, 1.165) is 5.56 Å². The Morgan fingerprint density at radius 3 is 2.58 bits per heavy atom. The van der Waals surface area contributed by atoms with Crippen molar-refractivity contribution in [2.45, 2.75) is 6.92 Å². The number of benzene rings is 2. The van der Waals surface area contributed by atoms with Gasteiger partial charge in [-0.05, 0) is 36.8 Å². The summed E-state index contributed by atoms with van der Waals surface area (Å²) in [7, 11) is 3.00. The lowest BCUT2D eigenvalue weighted by molar-refractivity contribution is -0.112. The monoisotopic (exact) mass is 352 g/mol. The second-order valence-electron chi connectivity index (χ2n) is 5.43. The molecule has 2 aromatic carbocycles. The molecule has 2 aromatic rings. The van der Waals surface area contributed by atoms with Gasteiger partial charge in [0.05, 0.1) is 31.3 Å². The van der Waals surface area contributed by atoms with Crippen LogP contribution in [0, 0.1) is 18.3 Å². The van der Waals surface area contributed by atoms with Gasteiger partial charge in [-0.25, -0.2) is 0 Å². The first-order valence-corrected chi connectivity index (χ1v) is 7.74. The lowest BCUT2D eigenvalue weighted by Crippen LogP contribution is -2.15. The predicted molar refractivity (Wildman–Crippen MR) is 101 cm³/mol. The van der Waals surface area contributed by atoms with Gasteiger partial charge in [0.2, 0.25) is 0 Å². The summed E-state index contributed by atoms with van der Waals surface area (Å²) in [5, 5.41) is 14.8. The molecule has 0 unspecified atom stereocenters. The van der Waals surface area contributed by atoms with Gasteiger partial charge in [0.1, 0.15) is 23.1 Å². The van der Waals surface area contributed by atoms with E-state index in [0.29, 0.717) is 28.6 Å². The van der Waals surface area contributed by atoms with Gasteiger partial charge in [-0.2, -0.15) is 5.26 Å². The van der Waals surface area contributed by atoms with E-state index in [1.807, 2.05) is 25.1 Å². The van der Waals surface area contributed by atoms with Gasteiger partial charge in [0, 0.05) is 12.3 Å². The predicted octanol–water partition coefficient (Wildman–Crippen LogP) is 3.05. The molecule has 0 bridgehead atoms. The quantitative estimate of drug-likeness (QED) is 0.419. The van der Waals surface area contributed by atoms with Gasteiger partial charge in [0.25, 0.3) is 5.91 Å². The zero-order valence-electron chi connectivity index (χ0n) is 14.8. The first kappa shape index (κ1) is 18.7. The highest BCUT2D eigenvalue weighted by Gasteiger charge is 2.13. The number of nitrogens with one attached hydrogen (secondary N) is 2. The SMILES string of the molecule is COc1ccc(OC)c(NC(=O)/C(C#N)=C\Nc2cc(C)ccc2N)c1. The summed E-state index contributed by atoms with van der Waals surface area (Å²) in [6.07, 6.45) is 1.31. The molecule has 134 valence electrons. The van der Waals surface area contributed by atoms with Crippen LogP contribution in [-0.4, -0.2) is 20.1 Å². The average molecular weight is 352 g/mol. The molecule has 1 amide bonds. The van der Waals surface area contributed by atoms with Crippen molar-refractivity contribution in [2.24, 2.45) is 0 Å². The summed E-state index contributed by atoms with van der Waals surface area (Å²) in [5.74, 6) is 0.416. The van der Waals surface area contributed by atoms with Gasteiger partial charge in [-0.3, -0.25) is 4.79 Å². The van der Waals surface area contributed by atoms with E-state index in [4.69, 9.17) is 15.2 Å². The van der Waals surface area contributed by atoms with Crippen molar-refractivity contribution in [3.63, 3.8) is 0 Å². The van der Waals surface area contributed by atoms with E-state index >= 15 is 0 Å². The van der Waals surface area contributed by atoms with Crippen molar-refractivity contribution in [1.82, 2.24) is 0 Å². The number of carbonyl (C=O) groups excluding carboxylic acids is 1. The van der Waals surface area contributed by atoms with Crippen molar-refractivity contribution >= 4 is 23.0 Å². The van der Waals surface area contributed by atoms with Crippen LogP contribution in [0.3, 0.4) is 0 Å². The van der Waals surface area contributed by atoms with E-state index in [1.165, 1.54) is 20.4 Å². The number of nitrogen functional groups attached to an aromatic ring is 1. The Morgan fingerprint density at radius 2 is 1.92 bits per heavy atom. The molecule has 26 heavy (non-hydrogen) atoms. The van der Waals surface area contributed by atoms with Crippen molar-refractivity contribution in [3.05, 3.63) is 53.7 Å². The number of amides is 1. The number of hydrogen-bond donors (Lipinski definition) is 3. The Bertz CT molecular complexity index is 885. The smallest absolute Gasteiger partial charge is 0.267 e. The van der Waals surface area contributed by atoms with Gasteiger partial charge in [-0.1, -0.05) is 6.07 Å². The third kappa shape index (κ3) is 4.45. The average Bonchev–Trinajstić information content (AvgIpc) is 2.64. The summed E-state index contributed by atoms with van der Waals surface area (Å²) < 4.78 is 10.4. The molecule has 0 aromatic heterocycles. The maximum atomic E-state index is 12.4. The molecule has 0 heterocycles. The number of anilines is 3. The minimum atomic E-state index is -0.585. The van der Waals surface area contributed by atoms with Crippen LogP contribution in [0.15, 0.2) is 48.2 Å². The molecule has 0 radical (unpaired) electrons. The molecule has 0 fully saturated rings. The zero-order valence-corrected chi connectivity index (χ0v) is 14.8. The molecule has 7 heteroatoms. The van der Waals surface area contributed by atoms with Crippen LogP contribution in [0.5, 0.6) is 11.5 Å². The molecule has 0 spiro atoms. The Labute approximate surface area is 152 Å². The van der Waals surface area contributed by atoms with E-state index in [2.05, 4.69) is 10.6 Å². The summed E-state index contributed by atoms with van der Waals surface area (Å²) in [6.45, 7) is 1.92. The Balaban J connectivity index is 2.21. The number of methoxy groups -OCH3 is 2. The summed E-state index contributed by atoms with van der Waals surface area (Å²) in [5.41, 5.74) is 8.29. The first-order chi connectivity index (χ1) is 12.5. The highest BCUT2D eigenvalue weighted by molar-refractivity contribution is 6.07. The molecule has 4 N–H and O–H groups in total. The fourth-order valence-electron chi connectivity index (χ4n) is 2.20. The fraction of sp³-hybridized carbons (Fsp3) is 0.158. The van der Waals surface area contributed by atoms with E-state index in [-0.39, 0.29) is 5.57 Å². The van der Waals surface area contributed by atoms with Gasteiger partial charge >= 0.3 is 0 Å². The highest BCUT2D eigenvalue weighted by Crippen LogP contribution is 2.29. The summed E-state index contributed by atoms with van der Waals surface area (Å²) in [6, 6.07) is 12.3. The molecule has 0 saturated carbocycles. The Hall–Kier alpha value is -3.66. The van der Waals surface area contributed by atoms with Crippen LogP contribution in [0.1, 0.15) is 5.56 Å². The number of aryl methyl sites for hydroxylation is 1. The van der Waals surface area contributed by atoms with Crippen molar-refractivity contribution in [2.75, 3.05) is 30.6 Å². The number of nitriles is 1. The number of nitrogens with zero attached hydrogens (tertiary/aromatic N) is 1. The molecule has 0 saturated heterocycles. The number of ether oxygens (including phenoxy) is 2.